The van der Waals surface area contributed by atoms with E-state index in [0.717, 1.165) is 18.9 Å². The summed E-state index contributed by atoms with van der Waals surface area (Å²) in [5.41, 5.74) is 0.0634. The van der Waals surface area contributed by atoms with Crippen LogP contribution in [0.4, 0.5) is 0 Å². The molecular formula is C21H21NO6S. The largest absolute Gasteiger partial charge is 0.452 e. The van der Waals surface area contributed by atoms with Gasteiger partial charge in [0.2, 0.25) is 9.84 Å². The average molecular weight is 415 g/mol. The molecule has 2 aromatic rings. The van der Waals surface area contributed by atoms with Crippen LogP contribution in [0.1, 0.15) is 53.0 Å². The van der Waals surface area contributed by atoms with Crippen molar-refractivity contribution in [2.75, 3.05) is 6.61 Å². The van der Waals surface area contributed by atoms with Crippen molar-refractivity contribution in [1.29, 1.82) is 0 Å². The number of rotatable bonds is 6. The van der Waals surface area contributed by atoms with E-state index in [2.05, 4.69) is 5.32 Å². The van der Waals surface area contributed by atoms with Gasteiger partial charge in [0.05, 0.1) is 15.4 Å². The van der Waals surface area contributed by atoms with Crippen LogP contribution in [-0.4, -0.2) is 38.7 Å². The number of ketones is 1. The van der Waals surface area contributed by atoms with Crippen molar-refractivity contribution in [1.82, 2.24) is 5.32 Å². The fourth-order valence-electron chi connectivity index (χ4n) is 3.25. The molecule has 1 N–H and O–H groups in total. The summed E-state index contributed by atoms with van der Waals surface area (Å²) in [4.78, 5) is 36.4. The van der Waals surface area contributed by atoms with E-state index >= 15 is 0 Å². The molecule has 0 saturated carbocycles. The van der Waals surface area contributed by atoms with Crippen LogP contribution in [0.15, 0.2) is 52.3 Å². The van der Waals surface area contributed by atoms with Crippen molar-refractivity contribution in [3.05, 3.63) is 59.2 Å². The normalized spacial score (nSPS) is 15.0. The highest BCUT2D eigenvalue weighted by molar-refractivity contribution is 7.91. The molecule has 7 nitrogen and oxygen atoms in total. The summed E-state index contributed by atoms with van der Waals surface area (Å²) in [6.45, 7) is 3.38. The average Bonchev–Trinajstić information content (AvgIpc) is 2.70. The number of amides is 1. The third kappa shape index (κ3) is 4.07. The number of carbonyl (C=O) groups is 3. The number of esters is 1. The van der Waals surface area contributed by atoms with Crippen molar-refractivity contribution in [3.63, 3.8) is 0 Å². The molecule has 3 rings (SSSR count). The Morgan fingerprint density at radius 3 is 2.48 bits per heavy atom. The maximum atomic E-state index is 12.9. The Morgan fingerprint density at radius 2 is 1.76 bits per heavy atom. The number of benzene rings is 2. The zero-order valence-corrected chi connectivity index (χ0v) is 16.9. The van der Waals surface area contributed by atoms with E-state index in [0.29, 0.717) is 0 Å². The molecule has 1 amide bonds. The monoisotopic (exact) mass is 415 g/mol. The highest BCUT2D eigenvalue weighted by atomic mass is 32.2. The Morgan fingerprint density at radius 1 is 1.07 bits per heavy atom. The number of fused-ring (bicyclic) bond motifs is 2. The predicted molar refractivity (Wildman–Crippen MR) is 105 cm³/mol. The molecule has 0 aromatic heterocycles. The van der Waals surface area contributed by atoms with Crippen LogP contribution in [0.2, 0.25) is 0 Å². The molecule has 0 saturated heterocycles. The molecule has 0 unspecified atom stereocenters. The zero-order chi connectivity index (χ0) is 21.2. The standard InChI is InChI=1S/C21H21NO6S/c1-3-6-13(2)22-19(23)12-28-21(25)14-9-10-16-18(11-14)29(26,27)17-8-5-4-7-15(17)20(16)24/h4-5,7-11,13H,3,6,12H2,1-2H3,(H,22,23)/t13-/m1/s1. The van der Waals surface area contributed by atoms with Gasteiger partial charge < -0.3 is 10.1 Å². The van der Waals surface area contributed by atoms with Gasteiger partial charge in [-0.25, -0.2) is 13.2 Å². The highest BCUT2D eigenvalue weighted by Crippen LogP contribution is 2.34. The van der Waals surface area contributed by atoms with Gasteiger partial charge in [0.1, 0.15) is 0 Å². The Bertz CT molecular complexity index is 1090. The van der Waals surface area contributed by atoms with Crippen molar-refractivity contribution >= 4 is 27.5 Å². The molecule has 0 radical (unpaired) electrons. The van der Waals surface area contributed by atoms with Crippen LogP contribution in [-0.2, 0) is 19.4 Å². The summed E-state index contributed by atoms with van der Waals surface area (Å²) in [5, 5.41) is 2.71. The van der Waals surface area contributed by atoms with Crippen LogP contribution >= 0.6 is 0 Å². The summed E-state index contributed by atoms with van der Waals surface area (Å²) >= 11 is 0. The fourth-order valence-corrected chi connectivity index (χ4v) is 4.92. The van der Waals surface area contributed by atoms with Gasteiger partial charge in [0.25, 0.3) is 5.91 Å². The third-order valence-electron chi connectivity index (χ3n) is 4.64. The minimum absolute atomic E-state index is 0.00591. The van der Waals surface area contributed by atoms with E-state index < -0.39 is 34.1 Å². The molecule has 152 valence electrons. The molecule has 1 aliphatic rings. The first-order valence-corrected chi connectivity index (χ1v) is 10.7. The second-order valence-corrected chi connectivity index (χ2v) is 8.76. The van der Waals surface area contributed by atoms with Crippen molar-refractivity contribution in [3.8, 4) is 0 Å². The quantitative estimate of drug-likeness (QED) is 0.620. The molecule has 8 heteroatoms. The van der Waals surface area contributed by atoms with Gasteiger partial charge in [-0.1, -0.05) is 25.5 Å². The van der Waals surface area contributed by atoms with Crippen molar-refractivity contribution < 1.29 is 27.5 Å². The van der Waals surface area contributed by atoms with Gasteiger partial charge in [-0.3, -0.25) is 9.59 Å². The molecule has 2 aromatic carbocycles. The molecule has 0 spiro atoms. The lowest BCUT2D eigenvalue weighted by Gasteiger charge is -2.19. The lowest BCUT2D eigenvalue weighted by molar-refractivity contribution is -0.124. The molecule has 29 heavy (non-hydrogen) atoms. The summed E-state index contributed by atoms with van der Waals surface area (Å²) in [6.07, 6.45) is 1.71. The number of carbonyl (C=O) groups excluding carboxylic acids is 3. The second-order valence-electron chi connectivity index (χ2n) is 6.87. The van der Waals surface area contributed by atoms with Crippen LogP contribution in [0, 0.1) is 0 Å². The molecule has 0 aliphatic carbocycles. The molecule has 1 heterocycles. The molecule has 1 aliphatic heterocycles. The van der Waals surface area contributed by atoms with Crippen LogP contribution in [0.5, 0.6) is 0 Å². The van der Waals surface area contributed by atoms with Gasteiger partial charge in [-0.2, -0.15) is 0 Å². The lowest BCUT2D eigenvalue weighted by Crippen LogP contribution is -2.35. The van der Waals surface area contributed by atoms with Gasteiger partial charge in [-0.05, 0) is 43.7 Å². The predicted octanol–water partition coefficient (Wildman–Crippen LogP) is 2.53. The fraction of sp³-hybridized carbons (Fsp3) is 0.286. The molecule has 1 atom stereocenters. The smallest absolute Gasteiger partial charge is 0.338 e. The number of hydrogen-bond acceptors (Lipinski definition) is 6. The van der Waals surface area contributed by atoms with E-state index in [1.54, 1.807) is 6.07 Å². The van der Waals surface area contributed by atoms with E-state index in [-0.39, 0.29) is 32.5 Å². The van der Waals surface area contributed by atoms with Gasteiger partial charge in [-0.15, -0.1) is 0 Å². The third-order valence-corrected chi connectivity index (χ3v) is 6.49. The minimum Gasteiger partial charge on any atom is -0.452 e. The first-order chi connectivity index (χ1) is 13.8. The SMILES string of the molecule is CCC[C@@H](C)NC(=O)COC(=O)c1ccc2c(c1)S(=O)(=O)c1ccccc1C2=O. The van der Waals surface area contributed by atoms with Crippen LogP contribution in [0.3, 0.4) is 0 Å². The number of nitrogens with one attached hydrogen (secondary N) is 1. The van der Waals surface area contributed by atoms with Crippen LogP contribution < -0.4 is 5.32 Å². The van der Waals surface area contributed by atoms with E-state index in [1.807, 2.05) is 13.8 Å². The number of ether oxygens (including phenoxy) is 1. The highest BCUT2D eigenvalue weighted by Gasteiger charge is 2.35. The summed E-state index contributed by atoms with van der Waals surface area (Å²) in [6, 6.07) is 9.65. The Labute approximate surface area is 169 Å². The molecule has 0 bridgehead atoms. The number of sulfone groups is 1. The van der Waals surface area contributed by atoms with Crippen LogP contribution in [0.25, 0.3) is 0 Å². The Hall–Kier alpha value is -3.00. The summed E-state index contributed by atoms with van der Waals surface area (Å²) < 4.78 is 30.8. The molecular weight excluding hydrogens is 394 g/mol. The minimum atomic E-state index is -3.95. The first kappa shape index (κ1) is 20.7. The topological polar surface area (TPSA) is 107 Å². The lowest BCUT2D eigenvalue weighted by atomic mass is 10.0. The van der Waals surface area contributed by atoms with Gasteiger partial charge in [0.15, 0.2) is 12.4 Å². The summed E-state index contributed by atoms with van der Waals surface area (Å²) in [7, 11) is -3.95. The van der Waals surface area contributed by atoms with E-state index in [4.69, 9.17) is 4.74 Å². The van der Waals surface area contributed by atoms with Gasteiger partial charge in [0, 0.05) is 17.2 Å². The van der Waals surface area contributed by atoms with E-state index in [1.165, 1.54) is 30.3 Å². The molecule has 0 fully saturated rings. The number of hydrogen-bond donors (Lipinski definition) is 1. The maximum Gasteiger partial charge on any atom is 0.338 e. The van der Waals surface area contributed by atoms with Gasteiger partial charge >= 0.3 is 5.97 Å². The van der Waals surface area contributed by atoms with Crippen molar-refractivity contribution in [2.45, 2.75) is 42.5 Å². The summed E-state index contributed by atoms with van der Waals surface area (Å²) in [5.74, 6) is -1.70. The Balaban J connectivity index is 1.80. The Kier molecular flexibility index (Phi) is 5.83. The second kappa shape index (κ2) is 8.16. The van der Waals surface area contributed by atoms with Crippen molar-refractivity contribution in [2.24, 2.45) is 0 Å². The maximum absolute atomic E-state index is 12.9. The van der Waals surface area contributed by atoms with E-state index in [9.17, 15) is 22.8 Å². The zero-order valence-electron chi connectivity index (χ0n) is 16.1. The first-order valence-electron chi connectivity index (χ1n) is 9.25.